The number of anilines is 2. The highest BCUT2D eigenvalue weighted by atomic mass is 32.2. The lowest BCUT2D eigenvalue weighted by molar-refractivity contribution is -0.116. The van der Waals surface area contributed by atoms with E-state index in [1.54, 1.807) is 30.3 Å². The number of ether oxygens (including phenoxy) is 1. The van der Waals surface area contributed by atoms with Crippen LogP contribution in [0.5, 0.6) is 5.75 Å². The van der Waals surface area contributed by atoms with Crippen molar-refractivity contribution >= 4 is 40.9 Å². The maximum atomic E-state index is 12.4. The summed E-state index contributed by atoms with van der Waals surface area (Å²) >= 11 is 1.44. The second-order valence-corrected chi connectivity index (χ2v) is 7.78. The second kappa shape index (κ2) is 8.35. The first-order valence-electron chi connectivity index (χ1n) is 8.71. The number of rotatable bonds is 5. The molecule has 0 radical (unpaired) electrons. The van der Waals surface area contributed by atoms with E-state index in [0.29, 0.717) is 22.7 Å². The van der Waals surface area contributed by atoms with Gasteiger partial charge in [-0.1, -0.05) is 6.07 Å². The van der Waals surface area contributed by atoms with Crippen LogP contribution in [0.1, 0.15) is 22.8 Å². The maximum Gasteiger partial charge on any atom is 0.251 e. The molecule has 0 unspecified atom stereocenters. The number of carbonyl (C=O) groups is 3. The average molecular weight is 399 g/mol. The maximum absolute atomic E-state index is 12.4. The normalized spacial score (nSPS) is 15.2. The Labute approximate surface area is 167 Å². The second-order valence-electron chi connectivity index (χ2n) is 6.39. The average Bonchev–Trinajstić information content (AvgIpc) is 2.67. The third-order valence-electron chi connectivity index (χ3n) is 4.21. The van der Waals surface area contributed by atoms with Crippen LogP contribution < -0.4 is 20.7 Å². The van der Waals surface area contributed by atoms with Crippen molar-refractivity contribution in [3.63, 3.8) is 0 Å². The third-order valence-corrected chi connectivity index (χ3v) is 5.39. The van der Waals surface area contributed by atoms with Crippen molar-refractivity contribution in [2.75, 3.05) is 24.3 Å². The van der Waals surface area contributed by atoms with E-state index < -0.39 is 5.91 Å². The molecule has 7 nitrogen and oxygen atoms in total. The van der Waals surface area contributed by atoms with E-state index >= 15 is 0 Å². The lowest BCUT2D eigenvalue weighted by atomic mass is 10.1. The van der Waals surface area contributed by atoms with Crippen LogP contribution in [0, 0.1) is 6.92 Å². The van der Waals surface area contributed by atoms with Crippen LogP contribution in [-0.4, -0.2) is 36.6 Å². The predicted molar refractivity (Wildman–Crippen MR) is 109 cm³/mol. The lowest BCUT2D eigenvalue weighted by Gasteiger charge is -2.21. The van der Waals surface area contributed by atoms with Crippen molar-refractivity contribution in [3.05, 3.63) is 47.5 Å². The van der Waals surface area contributed by atoms with Crippen LogP contribution >= 0.6 is 11.8 Å². The van der Waals surface area contributed by atoms with E-state index in [9.17, 15) is 14.4 Å². The zero-order valence-electron chi connectivity index (χ0n) is 15.8. The molecule has 1 heterocycles. The summed E-state index contributed by atoms with van der Waals surface area (Å²) < 4.78 is 5.23. The fourth-order valence-electron chi connectivity index (χ4n) is 2.73. The SMILES string of the molecule is COc1ccc(C)cc1NC(=O)CNC(=O)c1ccc2c(c1)NC(=O)[C@@H](C)S2. The summed E-state index contributed by atoms with van der Waals surface area (Å²) in [5.41, 5.74) is 2.50. The lowest BCUT2D eigenvalue weighted by Crippen LogP contribution is -2.33. The number of hydrogen-bond donors (Lipinski definition) is 3. The number of amides is 3. The summed E-state index contributed by atoms with van der Waals surface area (Å²) in [5, 5.41) is 7.93. The molecule has 0 saturated carbocycles. The molecular formula is C20H21N3O4S. The molecule has 0 saturated heterocycles. The standard InChI is InChI=1S/C20H21N3O4S/c1-11-4-6-16(27-3)14(8-11)22-18(24)10-21-20(26)13-5-7-17-15(9-13)23-19(25)12(2)28-17/h4-9,12H,10H2,1-3H3,(H,21,26)(H,22,24)(H,23,25)/t12-/m1/s1. The Bertz CT molecular complexity index is 945. The Kier molecular flexibility index (Phi) is 5.89. The zero-order chi connectivity index (χ0) is 20.3. The summed E-state index contributed by atoms with van der Waals surface area (Å²) in [6, 6.07) is 10.5. The molecule has 28 heavy (non-hydrogen) atoms. The number of fused-ring (bicyclic) bond motifs is 1. The first kappa shape index (κ1) is 19.8. The summed E-state index contributed by atoms with van der Waals surface area (Å²) in [5.74, 6) is -0.316. The molecule has 2 aromatic rings. The first-order valence-corrected chi connectivity index (χ1v) is 9.59. The smallest absolute Gasteiger partial charge is 0.251 e. The van der Waals surface area contributed by atoms with Crippen LogP contribution in [0.15, 0.2) is 41.3 Å². The van der Waals surface area contributed by atoms with Gasteiger partial charge in [-0.05, 0) is 49.7 Å². The van der Waals surface area contributed by atoms with Crippen molar-refractivity contribution < 1.29 is 19.1 Å². The van der Waals surface area contributed by atoms with Gasteiger partial charge in [0, 0.05) is 10.5 Å². The minimum absolute atomic E-state index is 0.0958. The van der Waals surface area contributed by atoms with E-state index in [2.05, 4.69) is 16.0 Å². The number of carbonyl (C=O) groups excluding carboxylic acids is 3. The van der Waals surface area contributed by atoms with Gasteiger partial charge in [-0.15, -0.1) is 11.8 Å². The molecular weight excluding hydrogens is 378 g/mol. The number of benzene rings is 2. The Balaban J connectivity index is 1.61. The number of aryl methyl sites for hydroxylation is 1. The monoisotopic (exact) mass is 399 g/mol. The molecule has 146 valence electrons. The molecule has 0 fully saturated rings. The third kappa shape index (κ3) is 4.45. The van der Waals surface area contributed by atoms with Crippen molar-refractivity contribution in [2.45, 2.75) is 24.0 Å². The number of methoxy groups -OCH3 is 1. The zero-order valence-corrected chi connectivity index (χ0v) is 16.6. The number of hydrogen-bond acceptors (Lipinski definition) is 5. The molecule has 1 atom stereocenters. The van der Waals surface area contributed by atoms with Gasteiger partial charge in [0.15, 0.2) is 0 Å². The molecule has 1 aliphatic rings. The Morgan fingerprint density at radius 1 is 1.21 bits per heavy atom. The Morgan fingerprint density at radius 3 is 2.75 bits per heavy atom. The fourth-order valence-corrected chi connectivity index (χ4v) is 3.66. The molecule has 0 spiro atoms. The fraction of sp³-hybridized carbons (Fsp3) is 0.250. The van der Waals surface area contributed by atoms with E-state index in [1.165, 1.54) is 18.9 Å². The topological polar surface area (TPSA) is 96.5 Å². The van der Waals surface area contributed by atoms with Crippen LogP contribution in [0.3, 0.4) is 0 Å². The van der Waals surface area contributed by atoms with Gasteiger partial charge in [0.25, 0.3) is 5.91 Å². The van der Waals surface area contributed by atoms with E-state index in [0.717, 1.165) is 10.5 Å². The molecule has 8 heteroatoms. The van der Waals surface area contributed by atoms with Crippen LogP contribution in [0.4, 0.5) is 11.4 Å². The largest absolute Gasteiger partial charge is 0.495 e. The molecule has 2 aromatic carbocycles. The molecule has 1 aliphatic heterocycles. The summed E-state index contributed by atoms with van der Waals surface area (Å²) in [4.78, 5) is 37.3. The molecule has 0 bridgehead atoms. The van der Waals surface area contributed by atoms with Crippen LogP contribution in [-0.2, 0) is 9.59 Å². The first-order chi connectivity index (χ1) is 13.4. The number of thioether (sulfide) groups is 1. The van der Waals surface area contributed by atoms with Crippen molar-refractivity contribution in [3.8, 4) is 5.75 Å². The molecule has 3 N–H and O–H groups in total. The highest BCUT2D eigenvalue weighted by Gasteiger charge is 2.23. The van der Waals surface area contributed by atoms with Gasteiger partial charge < -0.3 is 20.7 Å². The summed E-state index contributed by atoms with van der Waals surface area (Å²) in [7, 11) is 1.52. The van der Waals surface area contributed by atoms with Crippen LogP contribution in [0.25, 0.3) is 0 Å². The van der Waals surface area contributed by atoms with Gasteiger partial charge >= 0.3 is 0 Å². The minimum atomic E-state index is -0.396. The highest BCUT2D eigenvalue weighted by Crippen LogP contribution is 2.35. The van der Waals surface area contributed by atoms with Crippen molar-refractivity contribution in [1.29, 1.82) is 0 Å². The van der Waals surface area contributed by atoms with Crippen molar-refractivity contribution in [1.82, 2.24) is 5.32 Å². The molecule has 3 amide bonds. The molecule has 0 aromatic heterocycles. The van der Waals surface area contributed by atoms with Gasteiger partial charge in [0.2, 0.25) is 11.8 Å². The summed E-state index contributed by atoms with van der Waals surface area (Å²) in [6.45, 7) is 3.54. The van der Waals surface area contributed by atoms with Crippen molar-refractivity contribution in [2.24, 2.45) is 0 Å². The Morgan fingerprint density at radius 2 is 2.00 bits per heavy atom. The van der Waals surface area contributed by atoms with E-state index in [-0.39, 0.29) is 23.6 Å². The van der Waals surface area contributed by atoms with E-state index in [4.69, 9.17) is 4.74 Å². The van der Waals surface area contributed by atoms with Crippen LogP contribution in [0.2, 0.25) is 0 Å². The minimum Gasteiger partial charge on any atom is -0.495 e. The molecule has 3 rings (SSSR count). The summed E-state index contributed by atoms with van der Waals surface area (Å²) in [6.07, 6.45) is 0. The van der Waals surface area contributed by atoms with E-state index in [1.807, 2.05) is 19.9 Å². The van der Waals surface area contributed by atoms with Gasteiger partial charge in [0.05, 0.1) is 30.3 Å². The van der Waals surface area contributed by atoms with Gasteiger partial charge in [-0.3, -0.25) is 14.4 Å². The number of nitrogens with one attached hydrogen (secondary N) is 3. The highest BCUT2D eigenvalue weighted by molar-refractivity contribution is 8.00. The van der Waals surface area contributed by atoms with Gasteiger partial charge in [-0.2, -0.15) is 0 Å². The Hall–Kier alpha value is -3.00. The quantitative estimate of drug-likeness (QED) is 0.718. The molecule has 0 aliphatic carbocycles. The van der Waals surface area contributed by atoms with Gasteiger partial charge in [-0.25, -0.2) is 0 Å². The predicted octanol–water partition coefficient (Wildman–Crippen LogP) is 2.80. The van der Waals surface area contributed by atoms with Gasteiger partial charge in [0.1, 0.15) is 5.75 Å².